The van der Waals surface area contributed by atoms with Crippen LogP contribution >= 0.6 is 0 Å². The molecule has 0 bridgehead atoms. The summed E-state index contributed by atoms with van der Waals surface area (Å²) < 4.78 is 12.9. The van der Waals surface area contributed by atoms with Gasteiger partial charge in [-0.15, -0.1) is 0 Å². The molecule has 4 heteroatoms. The normalized spacial score (nSPS) is 11.6. The first-order valence-corrected chi connectivity index (χ1v) is 18.8. The summed E-state index contributed by atoms with van der Waals surface area (Å²) in [6.45, 7) is 0. The molecule has 3 aromatic heterocycles. The minimum absolute atomic E-state index is 0.667. The van der Waals surface area contributed by atoms with Gasteiger partial charge < -0.3 is 8.83 Å². The van der Waals surface area contributed by atoms with Crippen molar-refractivity contribution in [1.29, 1.82) is 0 Å². The standard InChI is InChI=1S/C52H32N2O2/c1-3-13-33(14-4-1)37-29-38(41-20-12-22-45-43-18-8-10-24-49(43)56-51(41)45)31-39(30-37)47-32-46(53-52(54-47)36-15-5-2-6-16-36)35-27-25-34(26-28-35)40-19-11-21-44-42-17-7-9-23-48(42)55-50(40)44/h1-32H. The van der Waals surface area contributed by atoms with E-state index in [2.05, 4.69) is 152 Å². The molecule has 0 aliphatic carbocycles. The summed E-state index contributed by atoms with van der Waals surface area (Å²) in [5, 5.41) is 4.44. The molecule has 11 aromatic rings. The van der Waals surface area contributed by atoms with Gasteiger partial charge in [-0.3, -0.25) is 0 Å². The van der Waals surface area contributed by atoms with Gasteiger partial charge in [0.25, 0.3) is 0 Å². The molecule has 0 spiro atoms. The van der Waals surface area contributed by atoms with Crippen LogP contribution in [0.1, 0.15) is 0 Å². The predicted octanol–water partition coefficient (Wildman–Crippen LogP) is 14.3. The second-order valence-electron chi connectivity index (χ2n) is 14.1. The molecular weight excluding hydrogens is 685 g/mol. The van der Waals surface area contributed by atoms with Gasteiger partial charge in [-0.2, -0.15) is 0 Å². The molecule has 56 heavy (non-hydrogen) atoms. The van der Waals surface area contributed by atoms with Gasteiger partial charge >= 0.3 is 0 Å². The highest BCUT2D eigenvalue weighted by Gasteiger charge is 2.18. The van der Waals surface area contributed by atoms with Crippen molar-refractivity contribution in [3.05, 3.63) is 194 Å². The van der Waals surface area contributed by atoms with Gasteiger partial charge in [0, 0.05) is 49.4 Å². The van der Waals surface area contributed by atoms with Crippen molar-refractivity contribution in [2.24, 2.45) is 0 Å². The van der Waals surface area contributed by atoms with Crippen LogP contribution < -0.4 is 0 Å². The summed E-state index contributed by atoms with van der Waals surface area (Å²) >= 11 is 0. The summed E-state index contributed by atoms with van der Waals surface area (Å²) in [6, 6.07) is 67.3. The lowest BCUT2D eigenvalue weighted by Gasteiger charge is -2.13. The third-order valence-corrected chi connectivity index (χ3v) is 10.7. The molecule has 11 rings (SSSR count). The highest BCUT2D eigenvalue weighted by Crippen LogP contribution is 2.40. The molecule has 3 heterocycles. The van der Waals surface area contributed by atoms with E-state index < -0.39 is 0 Å². The van der Waals surface area contributed by atoms with Crippen molar-refractivity contribution in [2.45, 2.75) is 0 Å². The van der Waals surface area contributed by atoms with E-state index >= 15 is 0 Å². The molecule has 0 radical (unpaired) electrons. The fourth-order valence-electron chi connectivity index (χ4n) is 7.96. The molecule has 8 aromatic carbocycles. The lowest BCUT2D eigenvalue weighted by Crippen LogP contribution is -1.96. The largest absolute Gasteiger partial charge is 0.455 e. The van der Waals surface area contributed by atoms with Crippen LogP contribution in [0.2, 0.25) is 0 Å². The van der Waals surface area contributed by atoms with Gasteiger partial charge in [0.1, 0.15) is 22.3 Å². The Balaban J connectivity index is 1.08. The molecule has 0 N–H and O–H groups in total. The molecule has 0 unspecified atom stereocenters. The van der Waals surface area contributed by atoms with E-state index in [1.165, 1.54) is 0 Å². The van der Waals surface area contributed by atoms with E-state index in [-0.39, 0.29) is 0 Å². The zero-order valence-electron chi connectivity index (χ0n) is 30.2. The zero-order valence-corrected chi connectivity index (χ0v) is 30.2. The molecule has 0 amide bonds. The van der Waals surface area contributed by atoms with Crippen molar-refractivity contribution in [1.82, 2.24) is 9.97 Å². The van der Waals surface area contributed by atoms with Crippen LogP contribution in [0.4, 0.5) is 0 Å². The average molecular weight is 717 g/mol. The molecule has 262 valence electrons. The van der Waals surface area contributed by atoms with Gasteiger partial charge in [-0.1, -0.05) is 158 Å². The first kappa shape index (κ1) is 31.9. The number of para-hydroxylation sites is 4. The fraction of sp³-hybridized carbons (Fsp3) is 0. The van der Waals surface area contributed by atoms with Crippen LogP contribution in [0.25, 0.3) is 111 Å². The van der Waals surface area contributed by atoms with Gasteiger partial charge in [0.2, 0.25) is 0 Å². The van der Waals surface area contributed by atoms with Crippen LogP contribution in [-0.2, 0) is 0 Å². The maximum atomic E-state index is 6.53. The third kappa shape index (κ3) is 5.47. The smallest absolute Gasteiger partial charge is 0.160 e. The Kier molecular flexibility index (Phi) is 7.46. The third-order valence-electron chi connectivity index (χ3n) is 10.7. The average Bonchev–Trinajstić information content (AvgIpc) is 3.86. The monoisotopic (exact) mass is 716 g/mol. The molecular formula is C52H32N2O2. The van der Waals surface area contributed by atoms with Gasteiger partial charge in [-0.05, 0) is 58.7 Å². The summed E-state index contributed by atoms with van der Waals surface area (Å²) in [7, 11) is 0. The van der Waals surface area contributed by atoms with E-state index in [9.17, 15) is 0 Å². The van der Waals surface area contributed by atoms with Gasteiger partial charge in [0.05, 0.1) is 11.4 Å². The maximum absolute atomic E-state index is 6.53. The molecule has 0 atom stereocenters. The minimum atomic E-state index is 0.667. The van der Waals surface area contributed by atoms with Crippen molar-refractivity contribution in [3.63, 3.8) is 0 Å². The second kappa shape index (κ2) is 13.1. The number of hydrogen-bond acceptors (Lipinski definition) is 4. The lowest BCUT2D eigenvalue weighted by atomic mass is 9.93. The fourth-order valence-corrected chi connectivity index (χ4v) is 7.96. The molecule has 0 aliphatic rings. The SMILES string of the molecule is c1ccc(-c2cc(-c3cc(-c4ccc(-c5cccc6c5oc5ccccc56)cc4)nc(-c4ccccc4)n3)cc(-c3cccc4c3oc3ccccc34)c2)cc1. The quantitative estimate of drug-likeness (QED) is 0.172. The van der Waals surface area contributed by atoms with E-state index in [4.69, 9.17) is 18.8 Å². The Morgan fingerprint density at radius 2 is 0.750 bits per heavy atom. The molecule has 0 saturated carbocycles. The zero-order chi connectivity index (χ0) is 37.0. The van der Waals surface area contributed by atoms with Crippen LogP contribution in [-0.4, -0.2) is 9.97 Å². The number of nitrogens with zero attached hydrogens (tertiary/aromatic N) is 2. The number of furan rings is 2. The summed E-state index contributed by atoms with van der Waals surface area (Å²) in [5.41, 5.74) is 14.6. The number of hydrogen-bond donors (Lipinski definition) is 0. The Morgan fingerprint density at radius 3 is 1.38 bits per heavy atom. The second-order valence-corrected chi connectivity index (χ2v) is 14.1. The summed E-state index contributed by atoms with van der Waals surface area (Å²) in [6.07, 6.45) is 0. The van der Waals surface area contributed by atoms with Gasteiger partial charge in [-0.25, -0.2) is 9.97 Å². The Morgan fingerprint density at radius 1 is 0.286 bits per heavy atom. The molecule has 0 aliphatic heterocycles. The maximum Gasteiger partial charge on any atom is 0.160 e. The number of benzene rings is 8. The van der Waals surface area contributed by atoms with Crippen molar-refractivity contribution in [2.75, 3.05) is 0 Å². The molecule has 4 nitrogen and oxygen atoms in total. The number of rotatable bonds is 6. The first-order chi connectivity index (χ1) is 27.7. The molecule has 0 saturated heterocycles. The van der Waals surface area contributed by atoms with Crippen LogP contribution in [0, 0.1) is 0 Å². The Hall–Kier alpha value is -7.56. The van der Waals surface area contributed by atoms with Crippen LogP contribution in [0.3, 0.4) is 0 Å². The predicted molar refractivity (Wildman–Crippen MR) is 229 cm³/mol. The van der Waals surface area contributed by atoms with E-state index in [0.29, 0.717) is 5.82 Å². The van der Waals surface area contributed by atoms with Crippen molar-refractivity contribution in [3.8, 4) is 67.3 Å². The van der Waals surface area contributed by atoms with Crippen LogP contribution in [0.5, 0.6) is 0 Å². The van der Waals surface area contributed by atoms with Crippen LogP contribution in [0.15, 0.2) is 203 Å². The van der Waals surface area contributed by atoms with E-state index in [1.807, 2.05) is 42.5 Å². The lowest BCUT2D eigenvalue weighted by molar-refractivity contribution is 0.669. The van der Waals surface area contributed by atoms with E-state index in [1.54, 1.807) is 0 Å². The van der Waals surface area contributed by atoms with E-state index in [0.717, 1.165) is 105 Å². The molecule has 0 fully saturated rings. The summed E-state index contributed by atoms with van der Waals surface area (Å²) in [5.74, 6) is 0.667. The number of aromatic nitrogens is 2. The van der Waals surface area contributed by atoms with Gasteiger partial charge in [0.15, 0.2) is 5.82 Å². The number of fused-ring (bicyclic) bond motifs is 6. The minimum Gasteiger partial charge on any atom is -0.455 e. The Labute approximate surface area is 323 Å². The Bertz CT molecular complexity index is 3230. The highest BCUT2D eigenvalue weighted by molar-refractivity contribution is 6.10. The first-order valence-electron chi connectivity index (χ1n) is 18.8. The topological polar surface area (TPSA) is 52.1 Å². The highest BCUT2D eigenvalue weighted by atomic mass is 16.3. The summed E-state index contributed by atoms with van der Waals surface area (Å²) in [4.78, 5) is 10.4. The van der Waals surface area contributed by atoms with Crippen molar-refractivity contribution >= 4 is 43.9 Å². The van der Waals surface area contributed by atoms with Crippen molar-refractivity contribution < 1.29 is 8.83 Å².